The molecule has 1 atom stereocenters. The van der Waals surface area contributed by atoms with Crippen molar-refractivity contribution in [2.45, 2.75) is 19.4 Å². The molecule has 0 aromatic heterocycles. The Labute approximate surface area is 141 Å². The maximum atomic E-state index is 5.87. The van der Waals surface area contributed by atoms with Gasteiger partial charge in [-0.2, -0.15) is 0 Å². The van der Waals surface area contributed by atoms with Gasteiger partial charge in [-0.15, -0.1) is 0 Å². The number of morpholine rings is 1. The zero-order chi connectivity index (χ0) is 15.4. The molecule has 2 heterocycles. The standard InChI is InChI=1S/C17H26BrN3O/c18-16-4-3-15(13-20-5-1-2-14(11-19)12-20)17(10-16)21-6-8-22-9-7-21/h3-4,10,14H,1-2,5-9,11-13,19H2. The second-order valence-corrected chi connectivity index (χ2v) is 7.27. The molecule has 2 aliphatic rings. The molecule has 22 heavy (non-hydrogen) atoms. The molecule has 0 saturated carbocycles. The zero-order valence-electron chi connectivity index (χ0n) is 13.1. The van der Waals surface area contributed by atoms with E-state index in [0.29, 0.717) is 5.92 Å². The average molecular weight is 368 g/mol. The molecule has 2 saturated heterocycles. The smallest absolute Gasteiger partial charge is 0.0642 e. The van der Waals surface area contributed by atoms with Crippen molar-refractivity contribution in [2.24, 2.45) is 11.7 Å². The van der Waals surface area contributed by atoms with Gasteiger partial charge in [-0.25, -0.2) is 0 Å². The van der Waals surface area contributed by atoms with Crippen molar-refractivity contribution in [2.75, 3.05) is 50.8 Å². The highest BCUT2D eigenvalue weighted by Crippen LogP contribution is 2.28. The van der Waals surface area contributed by atoms with E-state index in [1.165, 1.54) is 30.6 Å². The number of anilines is 1. The van der Waals surface area contributed by atoms with Crippen molar-refractivity contribution in [3.05, 3.63) is 28.2 Å². The molecule has 2 N–H and O–H groups in total. The van der Waals surface area contributed by atoms with Crippen LogP contribution in [0.1, 0.15) is 18.4 Å². The van der Waals surface area contributed by atoms with Crippen LogP contribution in [0.5, 0.6) is 0 Å². The van der Waals surface area contributed by atoms with Crippen LogP contribution in [0.25, 0.3) is 0 Å². The monoisotopic (exact) mass is 367 g/mol. The topological polar surface area (TPSA) is 41.7 Å². The van der Waals surface area contributed by atoms with Crippen molar-refractivity contribution >= 4 is 21.6 Å². The number of nitrogens with two attached hydrogens (primary N) is 1. The third kappa shape index (κ3) is 4.02. The lowest BCUT2D eigenvalue weighted by Gasteiger charge is -2.35. The van der Waals surface area contributed by atoms with Gasteiger partial charge in [0.25, 0.3) is 0 Å². The number of benzene rings is 1. The lowest BCUT2D eigenvalue weighted by atomic mass is 9.97. The first-order valence-electron chi connectivity index (χ1n) is 8.30. The van der Waals surface area contributed by atoms with E-state index in [2.05, 4.69) is 43.9 Å². The van der Waals surface area contributed by atoms with Gasteiger partial charge < -0.3 is 15.4 Å². The Morgan fingerprint density at radius 3 is 2.82 bits per heavy atom. The lowest BCUT2D eigenvalue weighted by molar-refractivity contribution is 0.122. The van der Waals surface area contributed by atoms with Crippen LogP contribution < -0.4 is 10.6 Å². The van der Waals surface area contributed by atoms with E-state index in [-0.39, 0.29) is 0 Å². The highest BCUT2D eigenvalue weighted by atomic mass is 79.9. The van der Waals surface area contributed by atoms with Crippen molar-refractivity contribution in [3.63, 3.8) is 0 Å². The molecule has 4 nitrogen and oxygen atoms in total. The predicted octanol–water partition coefficient (Wildman–Crippen LogP) is 2.46. The average Bonchev–Trinajstić information content (AvgIpc) is 2.57. The minimum Gasteiger partial charge on any atom is -0.378 e. The molecule has 5 heteroatoms. The number of piperidine rings is 1. The normalized spacial score (nSPS) is 23.7. The van der Waals surface area contributed by atoms with E-state index in [4.69, 9.17) is 10.5 Å². The maximum Gasteiger partial charge on any atom is 0.0642 e. The number of ether oxygens (including phenoxy) is 1. The number of hydrogen-bond donors (Lipinski definition) is 1. The number of rotatable bonds is 4. The summed E-state index contributed by atoms with van der Waals surface area (Å²) in [6.45, 7) is 7.77. The minimum atomic E-state index is 0.663. The van der Waals surface area contributed by atoms with Crippen LogP contribution in [0, 0.1) is 5.92 Å². The fraction of sp³-hybridized carbons (Fsp3) is 0.647. The highest BCUT2D eigenvalue weighted by molar-refractivity contribution is 9.10. The molecule has 0 bridgehead atoms. The number of nitrogens with zero attached hydrogens (tertiary/aromatic N) is 2. The van der Waals surface area contributed by atoms with Gasteiger partial charge in [0.1, 0.15) is 0 Å². The van der Waals surface area contributed by atoms with Gasteiger partial charge in [0.15, 0.2) is 0 Å². The maximum absolute atomic E-state index is 5.87. The molecule has 0 spiro atoms. The summed E-state index contributed by atoms with van der Waals surface area (Å²) in [5, 5.41) is 0. The van der Waals surface area contributed by atoms with Gasteiger partial charge in [-0.1, -0.05) is 22.0 Å². The van der Waals surface area contributed by atoms with Gasteiger partial charge in [0.2, 0.25) is 0 Å². The van der Waals surface area contributed by atoms with Crippen LogP contribution in [-0.2, 0) is 11.3 Å². The summed E-state index contributed by atoms with van der Waals surface area (Å²) in [5.74, 6) is 0.663. The third-order valence-electron chi connectivity index (χ3n) is 4.73. The molecule has 1 aromatic carbocycles. The molecular weight excluding hydrogens is 342 g/mol. The Kier molecular flexibility index (Phi) is 5.74. The van der Waals surface area contributed by atoms with E-state index in [0.717, 1.165) is 50.4 Å². The summed E-state index contributed by atoms with van der Waals surface area (Å²) in [6, 6.07) is 6.68. The summed E-state index contributed by atoms with van der Waals surface area (Å²) in [5.41, 5.74) is 8.64. The summed E-state index contributed by atoms with van der Waals surface area (Å²) in [6.07, 6.45) is 2.55. The van der Waals surface area contributed by atoms with Gasteiger partial charge in [-0.3, -0.25) is 4.90 Å². The molecule has 0 amide bonds. The van der Waals surface area contributed by atoms with Crippen molar-refractivity contribution < 1.29 is 4.74 Å². The largest absolute Gasteiger partial charge is 0.378 e. The van der Waals surface area contributed by atoms with E-state index < -0.39 is 0 Å². The van der Waals surface area contributed by atoms with Crippen LogP contribution in [0.2, 0.25) is 0 Å². The van der Waals surface area contributed by atoms with Gasteiger partial charge >= 0.3 is 0 Å². The molecule has 2 aliphatic heterocycles. The Morgan fingerprint density at radius 2 is 2.05 bits per heavy atom. The summed E-state index contributed by atoms with van der Waals surface area (Å²) in [7, 11) is 0. The Hall–Kier alpha value is -0.620. The molecule has 1 unspecified atom stereocenters. The van der Waals surface area contributed by atoms with Crippen molar-refractivity contribution in [1.29, 1.82) is 0 Å². The summed E-state index contributed by atoms with van der Waals surface area (Å²) < 4.78 is 6.64. The fourth-order valence-electron chi connectivity index (χ4n) is 3.50. The van der Waals surface area contributed by atoms with E-state index in [1.54, 1.807) is 0 Å². The van der Waals surface area contributed by atoms with Gasteiger partial charge in [0, 0.05) is 36.3 Å². The van der Waals surface area contributed by atoms with Crippen molar-refractivity contribution in [3.8, 4) is 0 Å². The molecule has 2 fully saturated rings. The highest BCUT2D eigenvalue weighted by Gasteiger charge is 2.21. The molecular formula is C17H26BrN3O. The first kappa shape index (κ1) is 16.2. The predicted molar refractivity (Wildman–Crippen MR) is 94.2 cm³/mol. The third-order valence-corrected chi connectivity index (χ3v) is 5.22. The SMILES string of the molecule is NCC1CCCN(Cc2ccc(Br)cc2N2CCOCC2)C1. The zero-order valence-corrected chi connectivity index (χ0v) is 14.7. The second kappa shape index (κ2) is 7.77. The second-order valence-electron chi connectivity index (χ2n) is 6.35. The molecule has 1 aromatic rings. The first-order valence-corrected chi connectivity index (χ1v) is 9.09. The Balaban J connectivity index is 1.74. The summed E-state index contributed by atoms with van der Waals surface area (Å²) in [4.78, 5) is 5.02. The quantitative estimate of drug-likeness (QED) is 0.887. The lowest BCUT2D eigenvalue weighted by Crippen LogP contribution is -2.39. The van der Waals surface area contributed by atoms with Crippen LogP contribution >= 0.6 is 15.9 Å². The Morgan fingerprint density at radius 1 is 1.23 bits per heavy atom. The van der Waals surface area contributed by atoms with Gasteiger partial charge in [-0.05, 0) is 49.5 Å². The molecule has 3 rings (SSSR count). The van der Waals surface area contributed by atoms with Crippen LogP contribution in [-0.4, -0.2) is 50.8 Å². The Bertz CT molecular complexity index is 491. The van der Waals surface area contributed by atoms with Crippen LogP contribution in [0.15, 0.2) is 22.7 Å². The molecule has 0 radical (unpaired) electrons. The van der Waals surface area contributed by atoms with Gasteiger partial charge in [0.05, 0.1) is 13.2 Å². The van der Waals surface area contributed by atoms with Crippen LogP contribution in [0.4, 0.5) is 5.69 Å². The number of halogens is 1. The van der Waals surface area contributed by atoms with E-state index in [9.17, 15) is 0 Å². The number of likely N-dealkylation sites (tertiary alicyclic amines) is 1. The van der Waals surface area contributed by atoms with Crippen molar-refractivity contribution in [1.82, 2.24) is 4.90 Å². The fourth-order valence-corrected chi connectivity index (χ4v) is 3.85. The number of hydrogen-bond acceptors (Lipinski definition) is 4. The first-order chi connectivity index (χ1) is 10.8. The van der Waals surface area contributed by atoms with E-state index in [1.807, 2.05) is 0 Å². The minimum absolute atomic E-state index is 0.663. The molecule has 0 aliphatic carbocycles. The van der Waals surface area contributed by atoms with Crippen LogP contribution in [0.3, 0.4) is 0 Å². The van der Waals surface area contributed by atoms with E-state index >= 15 is 0 Å². The molecule has 122 valence electrons. The summed E-state index contributed by atoms with van der Waals surface area (Å²) >= 11 is 3.62.